The smallest absolute Gasteiger partial charge is 0.278 e. The standard InChI is InChI=1S/C18H13ClN4O2S/c19-16-6-5-13(23-26(24,25)17-10-20-11-22-17)9-15(16)18-14-4-2-1-3-12(14)7-8-21-18/h1-11,23H,(H,20,22). The van der Waals surface area contributed by atoms with Crippen molar-refractivity contribution in [2.45, 2.75) is 5.03 Å². The lowest BCUT2D eigenvalue weighted by Crippen LogP contribution is -2.13. The van der Waals surface area contributed by atoms with Crippen molar-refractivity contribution >= 4 is 38.1 Å². The molecule has 8 heteroatoms. The first-order chi connectivity index (χ1) is 12.5. The van der Waals surface area contributed by atoms with Crippen molar-refractivity contribution in [2.24, 2.45) is 0 Å². The minimum absolute atomic E-state index is 0.0164. The van der Waals surface area contributed by atoms with Crippen LogP contribution in [0.25, 0.3) is 22.0 Å². The molecule has 0 aliphatic carbocycles. The first-order valence-corrected chi connectivity index (χ1v) is 9.55. The number of aromatic amines is 1. The Labute approximate surface area is 154 Å². The maximum Gasteiger partial charge on any atom is 0.278 e. The Kier molecular flexibility index (Phi) is 4.10. The zero-order valence-electron chi connectivity index (χ0n) is 13.3. The summed E-state index contributed by atoms with van der Waals surface area (Å²) in [4.78, 5) is 10.8. The molecule has 2 aromatic heterocycles. The van der Waals surface area contributed by atoms with E-state index in [0.29, 0.717) is 22.0 Å². The van der Waals surface area contributed by atoms with E-state index in [2.05, 4.69) is 19.7 Å². The molecule has 130 valence electrons. The normalized spacial score (nSPS) is 11.6. The fraction of sp³-hybridized carbons (Fsp3) is 0. The van der Waals surface area contributed by atoms with Gasteiger partial charge in [-0.1, -0.05) is 35.9 Å². The molecule has 4 rings (SSSR count). The Bertz CT molecular complexity index is 1190. The van der Waals surface area contributed by atoms with E-state index in [1.54, 1.807) is 24.4 Å². The Morgan fingerprint density at radius 2 is 1.92 bits per heavy atom. The second-order valence-corrected chi connectivity index (χ2v) is 7.65. The summed E-state index contributed by atoms with van der Waals surface area (Å²) in [5.74, 6) is 0. The number of hydrogen-bond acceptors (Lipinski definition) is 4. The monoisotopic (exact) mass is 384 g/mol. The maximum atomic E-state index is 12.4. The Morgan fingerprint density at radius 1 is 1.08 bits per heavy atom. The minimum Gasteiger partial charge on any atom is -0.334 e. The van der Waals surface area contributed by atoms with E-state index < -0.39 is 10.0 Å². The number of sulfonamides is 1. The summed E-state index contributed by atoms with van der Waals surface area (Å²) in [5, 5.41) is 2.43. The second kappa shape index (κ2) is 6.44. The van der Waals surface area contributed by atoms with Gasteiger partial charge in [-0.25, -0.2) is 4.98 Å². The molecule has 0 spiro atoms. The van der Waals surface area contributed by atoms with E-state index in [4.69, 9.17) is 11.6 Å². The Morgan fingerprint density at radius 3 is 2.73 bits per heavy atom. The van der Waals surface area contributed by atoms with Gasteiger partial charge in [-0.3, -0.25) is 9.71 Å². The molecular weight excluding hydrogens is 372 g/mol. The molecule has 0 saturated carbocycles. The van der Waals surface area contributed by atoms with Crippen molar-refractivity contribution in [2.75, 3.05) is 4.72 Å². The average molecular weight is 385 g/mol. The van der Waals surface area contributed by atoms with Crippen LogP contribution in [0.1, 0.15) is 0 Å². The van der Waals surface area contributed by atoms with Gasteiger partial charge < -0.3 is 4.98 Å². The van der Waals surface area contributed by atoms with Crippen molar-refractivity contribution in [3.63, 3.8) is 0 Å². The largest absolute Gasteiger partial charge is 0.334 e. The lowest BCUT2D eigenvalue weighted by atomic mass is 10.0. The summed E-state index contributed by atoms with van der Waals surface area (Å²) in [7, 11) is -3.76. The number of nitrogens with zero attached hydrogens (tertiary/aromatic N) is 2. The molecule has 2 aromatic carbocycles. The Balaban J connectivity index is 1.80. The first-order valence-electron chi connectivity index (χ1n) is 7.69. The lowest BCUT2D eigenvalue weighted by molar-refractivity contribution is 0.598. The number of anilines is 1. The highest BCUT2D eigenvalue weighted by molar-refractivity contribution is 7.92. The quantitative estimate of drug-likeness (QED) is 0.555. The van der Waals surface area contributed by atoms with Gasteiger partial charge in [0.05, 0.1) is 23.2 Å². The summed E-state index contributed by atoms with van der Waals surface area (Å²) in [5.41, 5.74) is 1.72. The zero-order valence-corrected chi connectivity index (χ0v) is 14.9. The van der Waals surface area contributed by atoms with Crippen LogP contribution in [-0.4, -0.2) is 23.4 Å². The molecule has 0 aliphatic rings. The summed E-state index contributed by atoms with van der Waals surface area (Å²) >= 11 is 6.37. The molecule has 2 N–H and O–H groups in total. The number of hydrogen-bond donors (Lipinski definition) is 2. The third kappa shape index (κ3) is 3.02. The van der Waals surface area contributed by atoms with Gasteiger partial charge in [0, 0.05) is 22.8 Å². The molecule has 0 saturated heterocycles. The van der Waals surface area contributed by atoms with Crippen LogP contribution in [0.3, 0.4) is 0 Å². The molecule has 2 heterocycles. The molecule has 0 unspecified atom stereocenters. The highest BCUT2D eigenvalue weighted by Gasteiger charge is 2.17. The van der Waals surface area contributed by atoms with Crippen LogP contribution < -0.4 is 4.72 Å². The predicted molar refractivity (Wildman–Crippen MR) is 102 cm³/mol. The number of fused-ring (bicyclic) bond motifs is 1. The topological polar surface area (TPSA) is 87.7 Å². The van der Waals surface area contributed by atoms with Crippen molar-refractivity contribution in [3.8, 4) is 11.3 Å². The van der Waals surface area contributed by atoms with Gasteiger partial charge in [-0.15, -0.1) is 0 Å². The molecular formula is C18H13ClN4O2S. The lowest BCUT2D eigenvalue weighted by Gasteiger charge is -2.11. The van der Waals surface area contributed by atoms with Crippen molar-refractivity contribution in [1.29, 1.82) is 0 Å². The predicted octanol–water partition coefficient (Wildman–Crippen LogP) is 4.08. The van der Waals surface area contributed by atoms with Gasteiger partial charge in [-0.05, 0) is 29.7 Å². The first kappa shape index (κ1) is 16.6. The second-order valence-electron chi connectivity index (χ2n) is 5.60. The van der Waals surface area contributed by atoms with E-state index in [-0.39, 0.29) is 5.03 Å². The van der Waals surface area contributed by atoms with Gasteiger partial charge in [0.25, 0.3) is 10.0 Å². The fourth-order valence-corrected chi connectivity index (χ4v) is 3.87. The molecule has 0 atom stereocenters. The molecule has 0 fully saturated rings. The van der Waals surface area contributed by atoms with Gasteiger partial charge in [0.15, 0.2) is 5.03 Å². The van der Waals surface area contributed by atoms with E-state index in [9.17, 15) is 8.42 Å². The molecule has 26 heavy (non-hydrogen) atoms. The number of rotatable bonds is 4. The van der Waals surface area contributed by atoms with Crippen LogP contribution in [0.15, 0.2) is 72.3 Å². The van der Waals surface area contributed by atoms with Crippen molar-refractivity contribution in [3.05, 3.63) is 72.3 Å². The number of nitrogens with one attached hydrogen (secondary N) is 2. The van der Waals surface area contributed by atoms with E-state index >= 15 is 0 Å². The highest BCUT2D eigenvalue weighted by Crippen LogP contribution is 2.34. The summed E-state index contributed by atoms with van der Waals surface area (Å²) in [6.45, 7) is 0. The van der Waals surface area contributed by atoms with Crippen LogP contribution in [0.4, 0.5) is 5.69 Å². The Hall–Kier alpha value is -2.90. The van der Waals surface area contributed by atoms with Gasteiger partial charge in [-0.2, -0.15) is 8.42 Å². The zero-order chi connectivity index (χ0) is 18.1. The van der Waals surface area contributed by atoms with Crippen LogP contribution in [0, 0.1) is 0 Å². The number of aromatic nitrogens is 3. The van der Waals surface area contributed by atoms with Crippen LogP contribution in [-0.2, 0) is 10.0 Å². The van der Waals surface area contributed by atoms with Gasteiger partial charge >= 0.3 is 0 Å². The molecule has 6 nitrogen and oxygen atoms in total. The number of imidazole rings is 1. The molecule has 4 aromatic rings. The van der Waals surface area contributed by atoms with Crippen LogP contribution in [0.5, 0.6) is 0 Å². The van der Waals surface area contributed by atoms with Crippen LogP contribution in [0.2, 0.25) is 5.02 Å². The molecule has 0 amide bonds. The highest BCUT2D eigenvalue weighted by atomic mass is 35.5. The number of halogens is 1. The molecule has 0 radical (unpaired) electrons. The summed E-state index contributed by atoms with van der Waals surface area (Å²) < 4.78 is 27.3. The third-order valence-corrected chi connectivity index (χ3v) is 5.55. The number of benzene rings is 2. The van der Waals surface area contributed by atoms with Crippen molar-refractivity contribution in [1.82, 2.24) is 15.0 Å². The van der Waals surface area contributed by atoms with E-state index in [0.717, 1.165) is 10.8 Å². The third-order valence-electron chi connectivity index (χ3n) is 3.91. The number of pyridine rings is 1. The summed E-state index contributed by atoms with van der Waals surface area (Å²) in [6, 6.07) is 14.6. The van der Waals surface area contributed by atoms with Crippen molar-refractivity contribution < 1.29 is 8.42 Å². The molecule has 0 aliphatic heterocycles. The van der Waals surface area contributed by atoms with Crippen LogP contribution >= 0.6 is 11.6 Å². The van der Waals surface area contributed by atoms with Gasteiger partial charge in [0.2, 0.25) is 0 Å². The average Bonchev–Trinajstić information content (AvgIpc) is 3.18. The molecule has 0 bridgehead atoms. The SMILES string of the molecule is O=S(=O)(Nc1ccc(Cl)c(-c2nccc3ccccc23)c1)c1cnc[nH]1. The van der Waals surface area contributed by atoms with Gasteiger partial charge in [0.1, 0.15) is 0 Å². The van der Waals surface area contributed by atoms with E-state index in [1.165, 1.54) is 12.5 Å². The van der Waals surface area contributed by atoms with E-state index in [1.807, 2.05) is 30.3 Å². The fourth-order valence-electron chi connectivity index (χ4n) is 2.70. The maximum absolute atomic E-state index is 12.4. The number of H-pyrrole nitrogens is 1. The summed E-state index contributed by atoms with van der Waals surface area (Å²) in [6.07, 6.45) is 4.25. The minimum atomic E-state index is -3.76.